The lowest BCUT2D eigenvalue weighted by Crippen LogP contribution is -2.66. The molecule has 0 N–H and O–H groups in total. The lowest BCUT2D eigenvalue weighted by atomic mass is 9.95. The van der Waals surface area contributed by atoms with Crippen molar-refractivity contribution in [1.82, 2.24) is 0 Å². The van der Waals surface area contributed by atoms with Crippen molar-refractivity contribution in [1.29, 1.82) is 0 Å². The number of carbonyl (C=O) groups excluding carboxylic acids is 1. The Hall–Kier alpha value is -3.64. The Labute approximate surface area is 359 Å². The Kier molecular flexibility index (Phi) is 17.7. The third-order valence-electron chi connectivity index (χ3n) is 11.7. The minimum atomic E-state index is -2.65. The zero-order valence-electron chi connectivity index (χ0n) is 37.9. The van der Waals surface area contributed by atoms with Crippen molar-refractivity contribution in [2.75, 3.05) is 20.3 Å². The summed E-state index contributed by atoms with van der Waals surface area (Å²) in [5.74, 6) is 0.911. The second-order valence-corrected chi connectivity index (χ2v) is 27.9. The fourth-order valence-corrected chi connectivity index (χ4v) is 13.4. The highest BCUT2D eigenvalue weighted by Gasteiger charge is 2.50. The van der Waals surface area contributed by atoms with E-state index in [0.717, 1.165) is 36.1 Å². The maximum atomic E-state index is 13.1. The summed E-state index contributed by atoms with van der Waals surface area (Å²) < 4.78 is 32.0. The number of allylic oxidation sites excluding steroid dienone is 2. The first kappa shape index (κ1) is 48.0. The molecule has 1 saturated heterocycles. The van der Waals surface area contributed by atoms with E-state index in [1.54, 1.807) is 13.2 Å². The van der Waals surface area contributed by atoms with Gasteiger partial charge in [0.25, 0.3) is 8.32 Å². The molecule has 6 nitrogen and oxygen atoms in total. The molecule has 1 fully saturated rings. The summed E-state index contributed by atoms with van der Waals surface area (Å²) in [5.41, 5.74) is 4.49. The van der Waals surface area contributed by atoms with Crippen LogP contribution in [0.15, 0.2) is 133 Å². The minimum Gasteiger partial charge on any atom is -0.497 e. The Morgan fingerprint density at radius 2 is 1.47 bits per heavy atom. The molecule has 1 aliphatic rings. The molecule has 8 heteroatoms. The standard InChI is InChI=1S/C51H72O6Si2/c1-39(30-31-55-59(51(7,8)9,48-22-15-13-16-23-48)49-24-17-14-18-25-49)32-43(52)20-19-21-45-33-40(2)34-46(56-45)35-41(3)36-47(57-58(11,12)50(4,5)6)38-54-37-42-26-28-44(53-10)29-27-42/h13-20,22-30,35,45-47H,2,21,31-34,36-38H2,1,3-12H3/b20-19+,39-30-,41-35+/t45-,46-,47-/m1/s1. The first-order chi connectivity index (χ1) is 27.8. The number of hydrogen-bond acceptors (Lipinski definition) is 6. The van der Waals surface area contributed by atoms with Crippen LogP contribution >= 0.6 is 0 Å². The van der Waals surface area contributed by atoms with Gasteiger partial charge in [-0.05, 0) is 96.8 Å². The summed E-state index contributed by atoms with van der Waals surface area (Å²) in [6.07, 6.45) is 11.2. The Morgan fingerprint density at radius 1 is 0.864 bits per heavy atom. The highest BCUT2D eigenvalue weighted by Crippen LogP contribution is 2.39. The molecule has 59 heavy (non-hydrogen) atoms. The predicted octanol–water partition coefficient (Wildman–Crippen LogP) is 11.5. The van der Waals surface area contributed by atoms with E-state index >= 15 is 0 Å². The van der Waals surface area contributed by atoms with Gasteiger partial charge in [0.05, 0.1) is 45.2 Å². The molecule has 0 saturated carbocycles. The lowest BCUT2D eigenvalue weighted by molar-refractivity contribution is -0.114. The highest BCUT2D eigenvalue weighted by atomic mass is 28.4. The van der Waals surface area contributed by atoms with E-state index in [4.69, 9.17) is 23.1 Å². The fourth-order valence-electron chi connectivity index (χ4n) is 7.60. The fraction of sp³-hybridized carbons (Fsp3) is 0.471. The van der Waals surface area contributed by atoms with Gasteiger partial charge < -0.3 is 23.1 Å². The van der Waals surface area contributed by atoms with E-state index in [0.29, 0.717) is 32.7 Å². The van der Waals surface area contributed by atoms with Crippen molar-refractivity contribution in [3.63, 3.8) is 0 Å². The Morgan fingerprint density at radius 3 is 2.03 bits per heavy atom. The number of hydrogen-bond donors (Lipinski definition) is 0. The molecule has 1 aliphatic heterocycles. The molecule has 0 amide bonds. The van der Waals surface area contributed by atoms with Gasteiger partial charge in [-0.25, -0.2) is 0 Å². The van der Waals surface area contributed by atoms with Gasteiger partial charge in [-0.3, -0.25) is 4.79 Å². The molecular weight excluding hydrogens is 765 g/mol. The molecule has 320 valence electrons. The average Bonchev–Trinajstić information content (AvgIpc) is 3.16. The minimum absolute atomic E-state index is 0.0297. The average molecular weight is 837 g/mol. The number of rotatable bonds is 20. The van der Waals surface area contributed by atoms with Crippen molar-refractivity contribution in [2.24, 2.45) is 0 Å². The van der Waals surface area contributed by atoms with Gasteiger partial charge in [0.1, 0.15) is 5.75 Å². The number of methoxy groups -OCH3 is 1. The molecule has 0 aromatic heterocycles. The summed E-state index contributed by atoms with van der Waals surface area (Å²) in [6.45, 7) is 28.2. The van der Waals surface area contributed by atoms with Crippen molar-refractivity contribution >= 4 is 32.8 Å². The van der Waals surface area contributed by atoms with Gasteiger partial charge in [0.15, 0.2) is 14.1 Å². The van der Waals surface area contributed by atoms with Crippen LogP contribution < -0.4 is 15.1 Å². The largest absolute Gasteiger partial charge is 0.497 e. The number of ketones is 1. The van der Waals surface area contributed by atoms with Gasteiger partial charge in [0, 0.05) is 6.42 Å². The van der Waals surface area contributed by atoms with Crippen molar-refractivity contribution in [3.8, 4) is 5.75 Å². The molecule has 3 aromatic rings. The van der Waals surface area contributed by atoms with Gasteiger partial charge in [0.2, 0.25) is 0 Å². The van der Waals surface area contributed by atoms with E-state index in [9.17, 15) is 4.79 Å². The zero-order valence-corrected chi connectivity index (χ0v) is 39.9. The van der Waals surface area contributed by atoms with E-state index in [-0.39, 0.29) is 34.2 Å². The molecule has 0 unspecified atom stereocenters. The number of carbonyl (C=O) groups is 1. The van der Waals surface area contributed by atoms with Crippen LogP contribution in [0.4, 0.5) is 0 Å². The van der Waals surface area contributed by atoms with Crippen molar-refractivity contribution < 1.29 is 27.9 Å². The van der Waals surface area contributed by atoms with Gasteiger partial charge >= 0.3 is 0 Å². The maximum absolute atomic E-state index is 13.1. The molecule has 1 heterocycles. The monoisotopic (exact) mass is 836 g/mol. The second kappa shape index (κ2) is 21.8. The van der Waals surface area contributed by atoms with Crippen LogP contribution in [0, 0.1) is 0 Å². The first-order valence-corrected chi connectivity index (χ1v) is 26.1. The number of benzene rings is 3. The summed E-state index contributed by atoms with van der Waals surface area (Å²) in [7, 11) is -3.02. The Bertz CT molecular complexity index is 1830. The normalized spacial score (nSPS) is 18.0. The molecule has 0 aliphatic carbocycles. The van der Waals surface area contributed by atoms with E-state index in [2.05, 4.69) is 141 Å². The second-order valence-electron chi connectivity index (χ2n) is 18.8. The molecule has 4 rings (SSSR count). The smallest absolute Gasteiger partial charge is 0.261 e. The molecule has 0 radical (unpaired) electrons. The van der Waals surface area contributed by atoms with Crippen LogP contribution in [-0.4, -0.2) is 61.1 Å². The van der Waals surface area contributed by atoms with Crippen LogP contribution in [0.1, 0.15) is 93.1 Å². The lowest BCUT2D eigenvalue weighted by Gasteiger charge is -2.42. The first-order valence-electron chi connectivity index (χ1n) is 21.3. The van der Waals surface area contributed by atoms with Crippen molar-refractivity contribution in [3.05, 3.63) is 138 Å². The molecular formula is C51H72O6Si2. The van der Waals surface area contributed by atoms with E-state index in [1.807, 2.05) is 37.3 Å². The van der Waals surface area contributed by atoms with Gasteiger partial charge in [-0.15, -0.1) is 0 Å². The highest BCUT2D eigenvalue weighted by molar-refractivity contribution is 6.99. The molecule has 0 bridgehead atoms. The summed E-state index contributed by atoms with van der Waals surface area (Å²) >= 11 is 0. The van der Waals surface area contributed by atoms with Crippen LogP contribution in [0.2, 0.25) is 23.2 Å². The van der Waals surface area contributed by atoms with Crippen LogP contribution in [-0.2, 0) is 29.7 Å². The predicted molar refractivity (Wildman–Crippen MR) is 251 cm³/mol. The van der Waals surface area contributed by atoms with E-state index in [1.165, 1.54) is 21.5 Å². The summed E-state index contributed by atoms with van der Waals surface area (Å²) in [6, 6.07) is 29.3. The van der Waals surface area contributed by atoms with Crippen LogP contribution in [0.25, 0.3) is 0 Å². The van der Waals surface area contributed by atoms with Gasteiger partial charge in [-0.2, -0.15) is 0 Å². The third-order valence-corrected chi connectivity index (χ3v) is 21.2. The molecule has 0 spiro atoms. The van der Waals surface area contributed by atoms with Crippen LogP contribution in [0.5, 0.6) is 5.75 Å². The van der Waals surface area contributed by atoms with Gasteiger partial charge in [-0.1, -0.05) is 156 Å². The quantitative estimate of drug-likeness (QED) is 0.0642. The maximum Gasteiger partial charge on any atom is 0.261 e. The van der Waals surface area contributed by atoms with Crippen molar-refractivity contribution in [2.45, 2.75) is 136 Å². The molecule has 3 atom stereocenters. The SMILES string of the molecule is C=C1C[C@@H](C/C=C/C(=O)C/C(C)=C\CO[Si](c2ccccc2)(c2ccccc2)C(C)(C)C)O[C@@H](/C=C(\C)C[C@H](COCc2ccc(OC)cc2)O[Si](C)(C)C(C)(C)C)C1. The van der Waals surface area contributed by atoms with Crippen LogP contribution in [0.3, 0.4) is 0 Å². The topological polar surface area (TPSA) is 63.2 Å². The molecule has 3 aromatic carbocycles. The number of ether oxygens (including phenoxy) is 3. The van der Waals surface area contributed by atoms with E-state index < -0.39 is 16.6 Å². The Balaban J connectivity index is 1.33. The zero-order chi connectivity index (χ0) is 43.3. The third kappa shape index (κ3) is 14.2. The summed E-state index contributed by atoms with van der Waals surface area (Å²) in [5, 5.41) is 2.47. The summed E-state index contributed by atoms with van der Waals surface area (Å²) in [4.78, 5) is 13.1.